The van der Waals surface area contributed by atoms with Crippen molar-refractivity contribution in [3.63, 3.8) is 0 Å². The second-order valence-corrected chi connectivity index (χ2v) is 8.75. The van der Waals surface area contributed by atoms with Crippen LogP contribution < -0.4 is 20.1 Å². The smallest absolute Gasteiger partial charge is 0.321 e. The van der Waals surface area contributed by atoms with Crippen LogP contribution in [0, 0.1) is 5.41 Å². The third-order valence-electron chi connectivity index (χ3n) is 6.96. The number of ether oxygens (including phenoxy) is 2. The van der Waals surface area contributed by atoms with Crippen molar-refractivity contribution in [2.24, 2.45) is 5.41 Å². The van der Waals surface area contributed by atoms with E-state index in [1.165, 1.54) is 0 Å². The van der Waals surface area contributed by atoms with Crippen molar-refractivity contribution in [3.05, 3.63) is 59.2 Å². The second kappa shape index (κ2) is 6.54. The summed E-state index contributed by atoms with van der Waals surface area (Å²) in [5.41, 5.74) is 0.964. The van der Waals surface area contributed by atoms with Gasteiger partial charge in [-0.15, -0.1) is 0 Å². The van der Waals surface area contributed by atoms with Crippen molar-refractivity contribution in [2.75, 3.05) is 14.2 Å². The number of urea groups is 2. The zero-order chi connectivity index (χ0) is 22.0. The average Bonchev–Trinajstić information content (AvgIpc) is 2.96. The lowest BCUT2D eigenvalue weighted by molar-refractivity contribution is -0.111. The summed E-state index contributed by atoms with van der Waals surface area (Å²) in [6.45, 7) is 4.77. The van der Waals surface area contributed by atoms with E-state index >= 15 is 0 Å². The summed E-state index contributed by atoms with van der Waals surface area (Å²) in [6, 6.07) is 12.8. The molecule has 5 rings (SSSR count). The van der Waals surface area contributed by atoms with Crippen LogP contribution in [0.3, 0.4) is 0 Å². The van der Waals surface area contributed by atoms with Gasteiger partial charge in [0.2, 0.25) is 0 Å². The SMILES string of the molecule is COc1ccc(OC)c2c1CN1C(=O)NC3(c4ccccc4)NC(=O)N(C2)C1C3(C)C. The molecule has 8 heteroatoms. The van der Waals surface area contributed by atoms with E-state index < -0.39 is 17.2 Å². The topological polar surface area (TPSA) is 83.1 Å². The molecule has 0 aromatic heterocycles. The number of carbonyl (C=O) groups excluding carboxylic acids is 2. The largest absolute Gasteiger partial charge is 0.496 e. The van der Waals surface area contributed by atoms with E-state index in [2.05, 4.69) is 24.5 Å². The van der Waals surface area contributed by atoms with Crippen molar-refractivity contribution < 1.29 is 19.1 Å². The fourth-order valence-electron chi connectivity index (χ4n) is 5.42. The van der Waals surface area contributed by atoms with E-state index in [0.29, 0.717) is 24.6 Å². The lowest BCUT2D eigenvalue weighted by atomic mass is 9.68. The number of hydrogen-bond donors (Lipinski definition) is 2. The standard InChI is InChI=1S/C23H26N4O4/c1-22(2)19-26-12-15-16(18(31-4)11-10-17(15)30-3)13-27(19)21(29)25-23(22,24-20(26)28)14-8-6-5-7-9-14/h5-11,19H,12-13H2,1-4H3,(H,24,28)(H,25,29). The van der Waals surface area contributed by atoms with Gasteiger partial charge in [-0.1, -0.05) is 44.2 Å². The van der Waals surface area contributed by atoms with Crippen molar-refractivity contribution in [1.82, 2.24) is 20.4 Å². The van der Waals surface area contributed by atoms with Gasteiger partial charge in [0, 0.05) is 11.1 Å². The molecular weight excluding hydrogens is 396 g/mol. The lowest BCUT2D eigenvalue weighted by Gasteiger charge is -2.63. The van der Waals surface area contributed by atoms with Crippen molar-refractivity contribution in [1.29, 1.82) is 0 Å². The summed E-state index contributed by atoms with van der Waals surface area (Å²) >= 11 is 0. The molecule has 0 radical (unpaired) electrons. The van der Waals surface area contributed by atoms with Gasteiger partial charge in [-0.05, 0) is 17.7 Å². The molecule has 2 aromatic carbocycles. The first-order chi connectivity index (χ1) is 14.8. The van der Waals surface area contributed by atoms with Crippen LogP contribution in [-0.2, 0) is 18.8 Å². The Kier molecular flexibility index (Phi) is 4.12. The van der Waals surface area contributed by atoms with Gasteiger partial charge in [-0.2, -0.15) is 0 Å². The van der Waals surface area contributed by atoms with Gasteiger partial charge in [0.1, 0.15) is 17.7 Å². The molecule has 2 bridgehead atoms. The molecule has 2 saturated heterocycles. The average molecular weight is 422 g/mol. The summed E-state index contributed by atoms with van der Waals surface area (Å²) in [6.07, 6.45) is -0.461. The minimum Gasteiger partial charge on any atom is -0.496 e. The Hall–Kier alpha value is -3.42. The maximum absolute atomic E-state index is 13.5. The molecule has 2 aromatic rings. The highest BCUT2D eigenvalue weighted by molar-refractivity contribution is 5.85. The van der Waals surface area contributed by atoms with Crippen LogP contribution >= 0.6 is 0 Å². The molecule has 0 spiro atoms. The molecule has 4 amide bonds. The molecule has 31 heavy (non-hydrogen) atoms. The van der Waals surface area contributed by atoms with Crippen LogP contribution in [0.15, 0.2) is 42.5 Å². The molecule has 0 unspecified atom stereocenters. The molecule has 0 aliphatic carbocycles. The van der Waals surface area contributed by atoms with Crippen molar-refractivity contribution in [3.8, 4) is 11.5 Å². The zero-order valence-corrected chi connectivity index (χ0v) is 18.1. The minimum absolute atomic E-state index is 0.240. The Morgan fingerprint density at radius 3 is 1.77 bits per heavy atom. The molecule has 2 N–H and O–H groups in total. The van der Waals surface area contributed by atoms with Gasteiger partial charge in [-0.25, -0.2) is 9.59 Å². The molecular formula is C23H26N4O4. The van der Waals surface area contributed by atoms with E-state index in [1.807, 2.05) is 42.5 Å². The molecule has 2 fully saturated rings. The van der Waals surface area contributed by atoms with E-state index in [9.17, 15) is 9.59 Å². The van der Waals surface area contributed by atoms with E-state index in [0.717, 1.165) is 16.7 Å². The first kappa shape index (κ1) is 19.5. The first-order valence-electron chi connectivity index (χ1n) is 10.3. The number of carbonyl (C=O) groups is 2. The van der Waals surface area contributed by atoms with Gasteiger partial charge >= 0.3 is 12.1 Å². The zero-order valence-electron chi connectivity index (χ0n) is 18.1. The maximum Gasteiger partial charge on any atom is 0.321 e. The molecule has 8 nitrogen and oxygen atoms in total. The fourth-order valence-corrected chi connectivity index (χ4v) is 5.42. The van der Waals surface area contributed by atoms with Crippen LogP contribution in [0.25, 0.3) is 0 Å². The van der Waals surface area contributed by atoms with Crippen molar-refractivity contribution >= 4 is 12.1 Å². The number of methoxy groups -OCH3 is 2. The van der Waals surface area contributed by atoms with Crippen LogP contribution in [0.2, 0.25) is 0 Å². The number of fused-ring (bicyclic) bond motifs is 2. The van der Waals surface area contributed by atoms with Gasteiger partial charge in [0.15, 0.2) is 5.66 Å². The Morgan fingerprint density at radius 1 is 0.839 bits per heavy atom. The van der Waals surface area contributed by atoms with E-state index in [1.54, 1.807) is 24.0 Å². The molecule has 0 saturated carbocycles. The third-order valence-corrected chi connectivity index (χ3v) is 6.96. The minimum atomic E-state index is -1.02. The summed E-state index contributed by atoms with van der Waals surface area (Å²) in [5.74, 6) is 1.34. The predicted molar refractivity (Wildman–Crippen MR) is 113 cm³/mol. The summed E-state index contributed by atoms with van der Waals surface area (Å²) in [5, 5.41) is 6.27. The number of benzene rings is 2. The summed E-state index contributed by atoms with van der Waals surface area (Å²) < 4.78 is 11.2. The summed E-state index contributed by atoms with van der Waals surface area (Å²) in [4.78, 5) is 30.4. The van der Waals surface area contributed by atoms with Crippen LogP contribution in [0.1, 0.15) is 30.5 Å². The molecule has 3 aliphatic heterocycles. The Morgan fingerprint density at radius 2 is 1.32 bits per heavy atom. The predicted octanol–water partition coefficient (Wildman–Crippen LogP) is 2.97. The van der Waals surface area contributed by atoms with Crippen LogP contribution in [0.4, 0.5) is 9.59 Å². The molecule has 3 aliphatic rings. The number of amides is 4. The van der Waals surface area contributed by atoms with Crippen LogP contribution in [-0.4, -0.2) is 42.2 Å². The Balaban J connectivity index is 1.71. The van der Waals surface area contributed by atoms with Gasteiger partial charge < -0.3 is 20.1 Å². The highest BCUT2D eigenvalue weighted by Crippen LogP contribution is 2.51. The monoisotopic (exact) mass is 422 g/mol. The van der Waals surface area contributed by atoms with Gasteiger partial charge in [0.25, 0.3) is 0 Å². The summed E-state index contributed by atoms with van der Waals surface area (Å²) in [7, 11) is 3.21. The van der Waals surface area contributed by atoms with E-state index in [-0.39, 0.29) is 12.1 Å². The molecule has 162 valence electrons. The Bertz CT molecular complexity index is 1010. The van der Waals surface area contributed by atoms with E-state index in [4.69, 9.17) is 9.47 Å². The fraction of sp³-hybridized carbons (Fsp3) is 0.391. The lowest BCUT2D eigenvalue weighted by Crippen LogP contribution is -2.84. The van der Waals surface area contributed by atoms with Crippen LogP contribution in [0.5, 0.6) is 11.5 Å². The number of nitrogens with zero attached hydrogens (tertiary/aromatic N) is 2. The normalized spacial score (nSPS) is 20.9. The number of hydrogen-bond acceptors (Lipinski definition) is 4. The number of nitrogens with one attached hydrogen (secondary N) is 2. The Labute approximate surface area is 181 Å². The first-order valence-corrected chi connectivity index (χ1v) is 10.3. The quantitative estimate of drug-likeness (QED) is 0.797. The third kappa shape index (κ3) is 2.47. The van der Waals surface area contributed by atoms with Gasteiger partial charge in [-0.3, -0.25) is 9.80 Å². The second-order valence-electron chi connectivity index (χ2n) is 8.75. The highest BCUT2D eigenvalue weighted by atomic mass is 16.5. The van der Waals surface area contributed by atoms with Gasteiger partial charge in [0.05, 0.1) is 32.7 Å². The molecule has 0 atom stereocenters. The number of rotatable bonds is 3. The maximum atomic E-state index is 13.5. The highest BCUT2D eigenvalue weighted by Gasteiger charge is 2.65. The van der Waals surface area contributed by atoms with Crippen molar-refractivity contribution in [2.45, 2.75) is 38.8 Å². The molecule has 3 heterocycles.